The number of nitrogens with zero attached hydrogens (tertiary/aromatic N) is 3. The van der Waals surface area contributed by atoms with Crippen LogP contribution in [-0.2, 0) is 32.6 Å². The summed E-state index contributed by atoms with van der Waals surface area (Å²) < 4.78 is 4.11. The molecular weight excluding hydrogens is 360 g/mol. The molecule has 0 radical (unpaired) electrons. The van der Waals surface area contributed by atoms with Crippen LogP contribution in [-0.4, -0.2) is 25.8 Å². The summed E-state index contributed by atoms with van der Waals surface area (Å²) in [6.07, 6.45) is 2.94. The van der Waals surface area contributed by atoms with E-state index >= 15 is 0 Å². The highest BCUT2D eigenvalue weighted by atomic mass is 16.1. The van der Waals surface area contributed by atoms with Crippen molar-refractivity contribution in [2.45, 2.75) is 39.5 Å². The van der Waals surface area contributed by atoms with Gasteiger partial charge >= 0.3 is 0 Å². The number of fused-ring (bicyclic) bond motifs is 2. The number of rotatable bonds is 5. The number of hydrogen-bond acceptors (Lipinski definition) is 2. The van der Waals surface area contributed by atoms with Gasteiger partial charge in [0.05, 0.1) is 12.2 Å². The van der Waals surface area contributed by atoms with Crippen LogP contribution in [0.1, 0.15) is 29.3 Å². The number of para-hydroxylation sites is 1. The molecule has 29 heavy (non-hydrogen) atoms. The van der Waals surface area contributed by atoms with Gasteiger partial charge in [0.15, 0.2) is 0 Å². The average molecular weight is 386 g/mol. The van der Waals surface area contributed by atoms with Crippen LogP contribution in [0.2, 0.25) is 0 Å². The standard InChI is InChI=1S/C24H26N4O/c1-2-27-23-17-26(16-19-14-25-22-11-7-6-10-20(19)22)13-12-21(23)24(29)28(27)15-18-8-4-3-5-9-18/h3-11,14,25H,2,12-13,15-17H2,1H3. The fourth-order valence-corrected chi connectivity index (χ4v) is 4.59. The van der Waals surface area contributed by atoms with Crippen LogP contribution in [0, 0.1) is 0 Å². The van der Waals surface area contributed by atoms with Gasteiger partial charge in [-0.05, 0) is 30.5 Å². The highest BCUT2D eigenvalue weighted by Crippen LogP contribution is 2.23. The lowest BCUT2D eigenvalue weighted by Crippen LogP contribution is -2.32. The van der Waals surface area contributed by atoms with E-state index in [4.69, 9.17) is 0 Å². The van der Waals surface area contributed by atoms with Crippen molar-refractivity contribution in [1.29, 1.82) is 0 Å². The molecule has 4 aromatic rings. The Hall–Kier alpha value is -3.05. The molecule has 1 N–H and O–H groups in total. The molecule has 5 heteroatoms. The first-order valence-electron chi connectivity index (χ1n) is 10.4. The second-order valence-electron chi connectivity index (χ2n) is 7.81. The van der Waals surface area contributed by atoms with Crippen LogP contribution >= 0.6 is 0 Å². The molecule has 0 atom stereocenters. The number of hydrogen-bond donors (Lipinski definition) is 1. The van der Waals surface area contributed by atoms with Gasteiger partial charge in [0, 0.05) is 48.8 Å². The van der Waals surface area contributed by atoms with Gasteiger partial charge in [0.1, 0.15) is 0 Å². The Labute approximate surface area is 170 Å². The molecule has 0 unspecified atom stereocenters. The Morgan fingerprint density at radius 2 is 1.76 bits per heavy atom. The van der Waals surface area contributed by atoms with Crippen molar-refractivity contribution >= 4 is 10.9 Å². The first-order valence-corrected chi connectivity index (χ1v) is 10.4. The maximum atomic E-state index is 13.1. The first kappa shape index (κ1) is 18.0. The maximum absolute atomic E-state index is 13.1. The molecule has 0 spiro atoms. The molecule has 1 aliphatic heterocycles. The van der Waals surface area contributed by atoms with Gasteiger partial charge < -0.3 is 4.98 Å². The van der Waals surface area contributed by atoms with E-state index in [2.05, 4.69) is 64.1 Å². The van der Waals surface area contributed by atoms with Gasteiger partial charge in [-0.15, -0.1) is 0 Å². The number of aromatic nitrogens is 3. The van der Waals surface area contributed by atoms with Crippen molar-refractivity contribution in [2.75, 3.05) is 6.54 Å². The number of aromatic amines is 1. The molecule has 148 valence electrons. The zero-order chi connectivity index (χ0) is 19.8. The van der Waals surface area contributed by atoms with Gasteiger partial charge in [-0.25, -0.2) is 4.68 Å². The normalized spacial score (nSPS) is 14.4. The molecule has 0 saturated heterocycles. The van der Waals surface area contributed by atoms with Gasteiger partial charge in [-0.1, -0.05) is 48.5 Å². The highest BCUT2D eigenvalue weighted by Gasteiger charge is 2.26. The van der Waals surface area contributed by atoms with Crippen LogP contribution in [0.25, 0.3) is 10.9 Å². The number of H-pyrrole nitrogens is 1. The Bertz CT molecular complexity index is 1200. The van der Waals surface area contributed by atoms with E-state index in [1.54, 1.807) is 0 Å². The third-order valence-electron chi connectivity index (χ3n) is 6.04. The van der Waals surface area contributed by atoms with Gasteiger partial charge in [0.2, 0.25) is 0 Å². The summed E-state index contributed by atoms with van der Waals surface area (Å²) >= 11 is 0. The zero-order valence-electron chi connectivity index (χ0n) is 16.8. The summed E-state index contributed by atoms with van der Waals surface area (Å²) in [7, 11) is 0. The van der Waals surface area contributed by atoms with Crippen molar-refractivity contribution in [2.24, 2.45) is 0 Å². The fraction of sp³-hybridized carbons (Fsp3) is 0.292. The minimum absolute atomic E-state index is 0.178. The first-order chi connectivity index (χ1) is 14.2. The Kier molecular flexibility index (Phi) is 4.60. The van der Waals surface area contributed by atoms with E-state index < -0.39 is 0 Å². The molecular formula is C24H26N4O. The van der Waals surface area contributed by atoms with E-state index in [1.807, 2.05) is 22.9 Å². The monoisotopic (exact) mass is 386 g/mol. The van der Waals surface area contributed by atoms with E-state index in [1.165, 1.54) is 22.2 Å². The highest BCUT2D eigenvalue weighted by molar-refractivity contribution is 5.82. The summed E-state index contributed by atoms with van der Waals surface area (Å²) in [4.78, 5) is 18.9. The second kappa shape index (κ2) is 7.41. The molecule has 2 aromatic carbocycles. The lowest BCUT2D eigenvalue weighted by atomic mass is 10.1. The molecule has 0 aliphatic carbocycles. The summed E-state index contributed by atoms with van der Waals surface area (Å²) in [6.45, 7) is 6.19. The zero-order valence-corrected chi connectivity index (χ0v) is 16.8. The van der Waals surface area contributed by atoms with Crippen LogP contribution in [0.5, 0.6) is 0 Å². The molecule has 5 rings (SSSR count). The largest absolute Gasteiger partial charge is 0.361 e. The summed E-state index contributed by atoms with van der Waals surface area (Å²) in [6, 6.07) is 18.7. The quantitative estimate of drug-likeness (QED) is 0.568. The molecule has 0 saturated carbocycles. The number of nitrogens with one attached hydrogen (secondary N) is 1. The summed E-state index contributed by atoms with van der Waals surface area (Å²) in [5.74, 6) is 0. The molecule has 3 heterocycles. The summed E-state index contributed by atoms with van der Waals surface area (Å²) in [5, 5.41) is 1.29. The predicted molar refractivity (Wildman–Crippen MR) is 116 cm³/mol. The van der Waals surface area contributed by atoms with Gasteiger partial charge in [0.25, 0.3) is 5.56 Å². The van der Waals surface area contributed by atoms with E-state index in [0.717, 1.165) is 43.7 Å². The van der Waals surface area contributed by atoms with Crippen LogP contribution in [0.15, 0.2) is 65.6 Å². The van der Waals surface area contributed by atoms with Crippen molar-refractivity contribution in [3.05, 3.63) is 93.5 Å². The third kappa shape index (κ3) is 3.21. The van der Waals surface area contributed by atoms with Crippen molar-refractivity contribution in [3.8, 4) is 0 Å². The Morgan fingerprint density at radius 1 is 0.966 bits per heavy atom. The van der Waals surface area contributed by atoms with Crippen molar-refractivity contribution < 1.29 is 0 Å². The summed E-state index contributed by atoms with van der Waals surface area (Å²) in [5.41, 5.74) is 6.02. The van der Waals surface area contributed by atoms with Crippen LogP contribution < -0.4 is 5.56 Å². The van der Waals surface area contributed by atoms with Crippen molar-refractivity contribution in [3.63, 3.8) is 0 Å². The molecule has 0 fully saturated rings. The fourth-order valence-electron chi connectivity index (χ4n) is 4.59. The minimum Gasteiger partial charge on any atom is -0.361 e. The van der Waals surface area contributed by atoms with Crippen LogP contribution in [0.4, 0.5) is 0 Å². The SMILES string of the molecule is CCn1c2c(c(=O)n1Cc1ccccc1)CCN(Cc1c[nH]c3ccccc13)C2. The minimum atomic E-state index is 0.178. The average Bonchev–Trinajstić information content (AvgIpc) is 3.28. The maximum Gasteiger partial charge on any atom is 0.270 e. The lowest BCUT2D eigenvalue weighted by molar-refractivity contribution is 0.236. The van der Waals surface area contributed by atoms with E-state index in [0.29, 0.717) is 6.54 Å². The molecule has 0 bridgehead atoms. The van der Waals surface area contributed by atoms with Crippen molar-refractivity contribution in [1.82, 2.24) is 19.2 Å². The molecule has 0 amide bonds. The number of benzene rings is 2. The van der Waals surface area contributed by atoms with E-state index in [-0.39, 0.29) is 5.56 Å². The second-order valence-corrected chi connectivity index (χ2v) is 7.81. The molecule has 1 aliphatic rings. The van der Waals surface area contributed by atoms with E-state index in [9.17, 15) is 4.79 Å². The lowest BCUT2D eigenvalue weighted by Gasteiger charge is -2.27. The topological polar surface area (TPSA) is 46.0 Å². The molecule has 5 nitrogen and oxygen atoms in total. The van der Waals surface area contributed by atoms with Gasteiger partial charge in [-0.3, -0.25) is 14.4 Å². The molecule has 2 aromatic heterocycles. The smallest absolute Gasteiger partial charge is 0.270 e. The van der Waals surface area contributed by atoms with Gasteiger partial charge in [-0.2, -0.15) is 0 Å². The Morgan fingerprint density at radius 3 is 2.59 bits per heavy atom. The Balaban J connectivity index is 1.44. The predicted octanol–water partition coefficient (Wildman–Crippen LogP) is 3.76. The van der Waals surface area contributed by atoms with Crippen LogP contribution in [0.3, 0.4) is 0 Å². The third-order valence-corrected chi connectivity index (χ3v) is 6.04.